The van der Waals surface area contributed by atoms with Gasteiger partial charge in [0.2, 0.25) is 0 Å². The van der Waals surface area contributed by atoms with Crippen LogP contribution in [0.4, 0.5) is 24.7 Å². The molecule has 5 rings (SSSR count). The van der Waals surface area contributed by atoms with E-state index in [-0.39, 0.29) is 17.9 Å². The van der Waals surface area contributed by atoms with E-state index in [1.165, 1.54) is 6.20 Å². The van der Waals surface area contributed by atoms with Gasteiger partial charge in [-0.25, -0.2) is 0 Å². The molecule has 1 aromatic heterocycles. The number of fused-ring (bicyclic) bond motifs is 1. The number of nitrogens with zero attached hydrogens (tertiary/aromatic N) is 4. The third-order valence-electron chi connectivity index (χ3n) is 7.25. The maximum atomic E-state index is 12.7. The van der Waals surface area contributed by atoms with Crippen molar-refractivity contribution in [2.45, 2.75) is 50.9 Å². The van der Waals surface area contributed by atoms with Gasteiger partial charge in [-0.3, -0.25) is 4.57 Å². The second-order valence-electron chi connectivity index (χ2n) is 9.83. The number of benzene rings is 2. The molecule has 38 heavy (non-hydrogen) atoms. The van der Waals surface area contributed by atoms with E-state index in [1.54, 1.807) is 16.7 Å². The van der Waals surface area contributed by atoms with E-state index in [2.05, 4.69) is 9.88 Å². The molecule has 2 aliphatic heterocycles. The number of anilines is 1. The van der Waals surface area contributed by atoms with Crippen LogP contribution in [0.5, 0.6) is 11.8 Å². The molecule has 3 heterocycles. The number of piperidine rings is 1. The van der Waals surface area contributed by atoms with Gasteiger partial charge in [-0.05, 0) is 78.5 Å². The first-order chi connectivity index (χ1) is 18.2. The summed E-state index contributed by atoms with van der Waals surface area (Å²) in [5.74, 6) is 1.06. The van der Waals surface area contributed by atoms with Gasteiger partial charge in [-0.1, -0.05) is 12.1 Å². The molecule has 2 aliphatic rings. The van der Waals surface area contributed by atoms with Crippen LogP contribution in [0, 0.1) is 16.0 Å². The van der Waals surface area contributed by atoms with Gasteiger partial charge in [-0.2, -0.15) is 13.2 Å². The maximum absolute atomic E-state index is 12.7. The third-order valence-corrected chi connectivity index (χ3v) is 7.25. The summed E-state index contributed by atoms with van der Waals surface area (Å²) in [4.78, 5) is 16.6. The van der Waals surface area contributed by atoms with E-state index in [4.69, 9.17) is 9.47 Å². The standard InChI is InChI=1S/C27H29F3N4O4/c28-27(29,30)21-5-3-19(4-6-21)1-2-20-11-14-32(15-12-20)22-7-9-23(10-8-22)37-18-24-13-16-33-17-25(34(35)36)31-26(33)38-24/h3-10,17,20,24H,1-2,11-16,18H2. The predicted molar refractivity (Wildman–Crippen MR) is 135 cm³/mol. The minimum Gasteiger partial charge on any atom is -0.490 e. The molecular formula is C27H29F3N4O4. The largest absolute Gasteiger partial charge is 0.490 e. The minimum absolute atomic E-state index is 0.222. The topological polar surface area (TPSA) is 82.7 Å². The van der Waals surface area contributed by atoms with Gasteiger partial charge in [0.1, 0.15) is 24.7 Å². The van der Waals surface area contributed by atoms with Crippen molar-refractivity contribution in [3.05, 3.63) is 76.0 Å². The molecular weight excluding hydrogens is 501 g/mol. The Morgan fingerprint density at radius 3 is 2.39 bits per heavy atom. The van der Waals surface area contributed by atoms with Crippen LogP contribution in [0.25, 0.3) is 0 Å². The molecule has 202 valence electrons. The molecule has 0 radical (unpaired) electrons. The highest BCUT2D eigenvalue weighted by molar-refractivity contribution is 5.49. The van der Waals surface area contributed by atoms with Crippen LogP contribution in [-0.2, 0) is 19.1 Å². The van der Waals surface area contributed by atoms with Crippen LogP contribution in [-0.4, -0.2) is 40.3 Å². The van der Waals surface area contributed by atoms with Crippen LogP contribution in [0.3, 0.4) is 0 Å². The number of hydrogen-bond donors (Lipinski definition) is 0. The lowest BCUT2D eigenvalue weighted by atomic mass is 9.90. The first-order valence-corrected chi connectivity index (χ1v) is 12.8. The van der Waals surface area contributed by atoms with Gasteiger partial charge in [0, 0.05) is 36.7 Å². The molecule has 2 aromatic carbocycles. The number of rotatable bonds is 8. The van der Waals surface area contributed by atoms with Gasteiger partial charge < -0.3 is 24.5 Å². The van der Waals surface area contributed by atoms with Crippen molar-refractivity contribution in [2.24, 2.45) is 5.92 Å². The first-order valence-electron chi connectivity index (χ1n) is 12.8. The molecule has 0 N–H and O–H groups in total. The van der Waals surface area contributed by atoms with Crippen molar-refractivity contribution < 1.29 is 27.6 Å². The average molecular weight is 531 g/mol. The number of halogens is 3. The van der Waals surface area contributed by atoms with Gasteiger partial charge in [0.25, 0.3) is 0 Å². The molecule has 3 aromatic rings. The van der Waals surface area contributed by atoms with Crippen molar-refractivity contribution in [2.75, 3.05) is 24.6 Å². The van der Waals surface area contributed by atoms with Gasteiger partial charge in [-0.15, -0.1) is 0 Å². The Morgan fingerprint density at radius 1 is 1.03 bits per heavy atom. The second-order valence-corrected chi connectivity index (χ2v) is 9.83. The molecule has 0 spiro atoms. The van der Waals surface area contributed by atoms with Crippen molar-refractivity contribution in [3.8, 4) is 11.8 Å². The molecule has 1 atom stereocenters. The van der Waals surface area contributed by atoms with Crippen LogP contribution in [0.1, 0.15) is 36.8 Å². The number of aromatic nitrogens is 2. The SMILES string of the molecule is O=[N+]([O-])c1cn2c(n1)OC(COc1ccc(N3CCC(CCc4ccc(C(F)(F)F)cc4)CC3)cc1)CC2. The summed E-state index contributed by atoms with van der Waals surface area (Å²) in [6.45, 7) is 2.78. The zero-order valence-corrected chi connectivity index (χ0v) is 20.8. The number of aryl methyl sites for hydroxylation is 2. The Hall–Kier alpha value is -3.76. The quantitative estimate of drug-likeness (QED) is 0.267. The highest BCUT2D eigenvalue weighted by Crippen LogP contribution is 2.31. The Morgan fingerprint density at radius 2 is 1.74 bits per heavy atom. The zero-order chi connectivity index (χ0) is 26.7. The van der Waals surface area contributed by atoms with E-state index in [1.807, 2.05) is 24.3 Å². The highest BCUT2D eigenvalue weighted by atomic mass is 19.4. The predicted octanol–water partition coefficient (Wildman–Crippen LogP) is 5.89. The molecule has 1 fully saturated rings. The summed E-state index contributed by atoms with van der Waals surface area (Å²) in [5.41, 5.74) is 1.47. The van der Waals surface area contributed by atoms with Crippen LogP contribution >= 0.6 is 0 Å². The minimum atomic E-state index is -4.29. The fourth-order valence-electron chi connectivity index (χ4n) is 4.99. The Balaban J connectivity index is 1.04. The number of nitro groups is 1. The summed E-state index contributed by atoms with van der Waals surface area (Å²) in [6.07, 6.45) is 1.39. The van der Waals surface area contributed by atoms with Crippen LogP contribution in [0.2, 0.25) is 0 Å². The number of alkyl halides is 3. The fraction of sp³-hybridized carbons (Fsp3) is 0.444. The normalized spacial score (nSPS) is 18.1. The smallest absolute Gasteiger partial charge is 0.416 e. The fourth-order valence-corrected chi connectivity index (χ4v) is 4.99. The van der Waals surface area contributed by atoms with E-state index in [0.717, 1.165) is 67.9 Å². The molecule has 0 amide bonds. The molecule has 1 saturated heterocycles. The van der Waals surface area contributed by atoms with E-state index in [9.17, 15) is 23.3 Å². The van der Waals surface area contributed by atoms with Crippen molar-refractivity contribution in [1.82, 2.24) is 9.55 Å². The zero-order valence-electron chi connectivity index (χ0n) is 20.8. The number of imidazole rings is 1. The van der Waals surface area contributed by atoms with Crippen molar-refractivity contribution in [1.29, 1.82) is 0 Å². The average Bonchev–Trinajstić information content (AvgIpc) is 3.35. The lowest BCUT2D eigenvalue weighted by Crippen LogP contribution is -2.33. The summed E-state index contributed by atoms with van der Waals surface area (Å²) in [5, 5.41) is 10.9. The number of ether oxygens (including phenoxy) is 2. The van der Waals surface area contributed by atoms with E-state index >= 15 is 0 Å². The summed E-state index contributed by atoms with van der Waals surface area (Å²) >= 11 is 0. The van der Waals surface area contributed by atoms with E-state index < -0.39 is 16.7 Å². The molecule has 11 heteroatoms. The van der Waals surface area contributed by atoms with Gasteiger partial charge >= 0.3 is 18.0 Å². The maximum Gasteiger partial charge on any atom is 0.416 e. The van der Waals surface area contributed by atoms with Gasteiger partial charge in [0.05, 0.1) is 5.56 Å². The van der Waals surface area contributed by atoms with Crippen LogP contribution < -0.4 is 14.4 Å². The van der Waals surface area contributed by atoms with Gasteiger partial charge in [0.15, 0.2) is 0 Å². The first kappa shape index (κ1) is 25.9. The Labute approximate surface area is 218 Å². The molecule has 0 bridgehead atoms. The second kappa shape index (κ2) is 10.9. The molecule has 1 unspecified atom stereocenters. The lowest BCUT2D eigenvalue weighted by molar-refractivity contribution is -0.389. The molecule has 0 saturated carbocycles. The summed E-state index contributed by atoms with van der Waals surface area (Å²) in [6, 6.07) is 13.7. The van der Waals surface area contributed by atoms with Crippen LogP contribution in [0.15, 0.2) is 54.7 Å². The molecule has 8 nitrogen and oxygen atoms in total. The highest BCUT2D eigenvalue weighted by Gasteiger charge is 2.30. The lowest BCUT2D eigenvalue weighted by Gasteiger charge is -2.33. The summed E-state index contributed by atoms with van der Waals surface area (Å²) in [7, 11) is 0. The summed E-state index contributed by atoms with van der Waals surface area (Å²) < 4.78 is 51.5. The van der Waals surface area contributed by atoms with E-state index in [0.29, 0.717) is 25.5 Å². The Kier molecular flexibility index (Phi) is 7.44. The monoisotopic (exact) mass is 530 g/mol. The van der Waals surface area contributed by atoms with Crippen molar-refractivity contribution >= 4 is 11.5 Å². The Bertz CT molecular complexity index is 1240. The van der Waals surface area contributed by atoms with Crippen molar-refractivity contribution in [3.63, 3.8) is 0 Å². The third kappa shape index (κ3) is 6.20. The number of hydrogen-bond acceptors (Lipinski definition) is 6. The molecule has 0 aliphatic carbocycles.